The summed E-state index contributed by atoms with van der Waals surface area (Å²) in [4.78, 5) is 10.1. The van der Waals surface area contributed by atoms with Crippen LogP contribution < -0.4 is 0 Å². The van der Waals surface area contributed by atoms with Gasteiger partial charge in [-0.2, -0.15) is 0 Å². The van der Waals surface area contributed by atoms with Crippen molar-refractivity contribution in [3.05, 3.63) is 76.5 Å². The zero-order valence-corrected chi connectivity index (χ0v) is 10.1. The molecule has 3 aromatic carbocycles. The Kier molecular flexibility index (Phi) is 2.72. The SMILES string of the molecule is O=[N+]([O-])/C=C/c1cc2ccccc2c2ccccc12. The average Bonchev–Trinajstić information content (AvgIpc) is 2.44. The van der Waals surface area contributed by atoms with E-state index in [1.807, 2.05) is 48.5 Å². The molecule has 0 unspecified atom stereocenters. The lowest BCUT2D eigenvalue weighted by molar-refractivity contribution is -0.400. The van der Waals surface area contributed by atoms with Crippen LogP contribution >= 0.6 is 0 Å². The van der Waals surface area contributed by atoms with Gasteiger partial charge in [-0.3, -0.25) is 10.1 Å². The van der Waals surface area contributed by atoms with E-state index in [0.29, 0.717) is 0 Å². The van der Waals surface area contributed by atoms with Gasteiger partial charge in [0.25, 0.3) is 0 Å². The minimum atomic E-state index is -0.441. The molecule has 0 heterocycles. The molecule has 0 spiro atoms. The van der Waals surface area contributed by atoms with Crippen molar-refractivity contribution in [2.75, 3.05) is 0 Å². The largest absolute Gasteiger partial charge is 0.259 e. The number of nitrogens with zero attached hydrogens (tertiary/aromatic N) is 1. The molecule has 0 radical (unpaired) electrons. The lowest BCUT2D eigenvalue weighted by Crippen LogP contribution is -1.85. The Morgan fingerprint density at radius 1 is 0.895 bits per heavy atom. The molecule has 0 aliphatic rings. The van der Waals surface area contributed by atoms with Crippen molar-refractivity contribution in [1.82, 2.24) is 0 Å². The molecule has 0 bridgehead atoms. The predicted molar refractivity (Wildman–Crippen MR) is 77.5 cm³/mol. The van der Waals surface area contributed by atoms with Crippen molar-refractivity contribution in [2.45, 2.75) is 0 Å². The van der Waals surface area contributed by atoms with Crippen LogP contribution in [0.25, 0.3) is 27.6 Å². The number of benzene rings is 3. The standard InChI is InChI=1S/C16H11NO2/c18-17(19)10-9-13-11-12-5-1-2-6-14(12)16-8-4-3-7-15(13)16/h1-11H/b10-9+. The van der Waals surface area contributed by atoms with Crippen molar-refractivity contribution in [1.29, 1.82) is 0 Å². The third-order valence-corrected chi connectivity index (χ3v) is 3.18. The van der Waals surface area contributed by atoms with Gasteiger partial charge in [-0.25, -0.2) is 0 Å². The van der Waals surface area contributed by atoms with Gasteiger partial charge in [0.1, 0.15) is 0 Å². The van der Waals surface area contributed by atoms with Crippen LogP contribution in [0.4, 0.5) is 0 Å². The maximum absolute atomic E-state index is 10.5. The van der Waals surface area contributed by atoms with Gasteiger partial charge in [0.2, 0.25) is 6.20 Å². The van der Waals surface area contributed by atoms with Crippen molar-refractivity contribution in [2.24, 2.45) is 0 Å². The van der Waals surface area contributed by atoms with Gasteiger partial charge in [0, 0.05) is 6.08 Å². The first-order chi connectivity index (χ1) is 9.25. The quantitative estimate of drug-likeness (QED) is 0.387. The minimum Gasteiger partial charge on any atom is -0.259 e. The lowest BCUT2D eigenvalue weighted by atomic mass is 9.97. The molecule has 3 aromatic rings. The summed E-state index contributed by atoms with van der Waals surface area (Å²) in [5, 5.41) is 14.9. The van der Waals surface area contributed by atoms with E-state index in [0.717, 1.165) is 33.3 Å². The number of hydrogen-bond donors (Lipinski definition) is 0. The Morgan fingerprint density at radius 2 is 1.53 bits per heavy atom. The molecule has 0 N–H and O–H groups in total. The van der Waals surface area contributed by atoms with Crippen molar-refractivity contribution in [3.63, 3.8) is 0 Å². The van der Waals surface area contributed by atoms with Gasteiger partial charge >= 0.3 is 0 Å². The monoisotopic (exact) mass is 249 g/mol. The van der Waals surface area contributed by atoms with Crippen molar-refractivity contribution >= 4 is 27.6 Å². The van der Waals surface area contributed by atoms with Gasteiger partial charge in [-0.05, 0) is 33.2 Å². The van der Waals surface area contributed by atoms with E-state index in [-0.39, 0.29) is 0 Å². The van der Waals surface area contributed by atoms with Crippen LogP contribution in [-0.4, -0.2) is 4.92 Å². The maximum atomic E-state index is 10.5. The van der Waals surface area contributed by atoms with E-state index >= 15 is 0 Å². The first-order valence-corrected chi connectivity index (χ1v) is 5.98. The number of fused-ring (bicyclic) bond motifs is 3. The van der Waals surface area contributed by atoms with Gasteiger partial charge in [0.15, 0.2) is 0 Å². The molecule has 0 fully saturated rings. The molecule has 3 heteroatoms. The van der Waals surface area contributed by atoms with Crippen molar-refractivity contribution < 1.29 is 4.92 Å². The first kappa shape index (κ1) is 11.4. The van der Waals surface area contributed by atoms with E-state index in [2.05, 4.69) is 6.07 Å². The normalized spacial score (nSPS) is 11.4. The Hall–Kier alpha value is -2.68. The Labute approximate surface area is 109 Å². The summed E-state index contributed by atoms with van der Waals surface area (Å²) in [7, 11) is 0. The van der Waals surface area contributed by atoms with E-state index in [9.17, 15) is 10.1 Å². The van der Waals surface area contributed by atoms with Crippen molar-refractivity contribution in [3.8, 4) is 0 Å². The van der Waals surface area contributed by atoms with Gasteiger partial charge in [0.05, 0.1) is 4.92 Å². The smallest absolute Gasteiger partial charge is 0.235 e. The highest BCUT2D eigenvalue weighted by Crippen LogP contribution is 2.29. The summed E-state index contributed by atoms with van der Waals surface area (Å²) in [5.74, 6) is 0. The summed E-state index contributed by atoms with van der Waals surface area (Å²) in [5.41, 5.74) is 0.867. The number of nitro groups is 1. The Bertz CT molecular complexity index is 806. The molecule has 0 saturated heterocycles. The fourth-order valence-corrected chi connectivity index (χ4v) is 2.36. The van der Waals surface area contributed by atoms with Gasteiger partial charge in [-0.15, -0.1) is 0 Å². The van der Waals surface area contributed by atoms with E-state index in [1.165, 1.54) is 0 Å². The molecule has 0 atom stereocenters. The molecule has 3 rings (SSSR count). The molecule has 0 saturated carbocycles. The zero-order valence-electron chi connectivity index (χ0n) is 10.1. The summed E-state index contributed by atoms with van der Waals surface area (Å²) in [6.07, 6.45) is 2.53. The van der Waals surface area contributed by atoms with Crippen LogP contribution in [0.5, 0.6) is 0 Å². The number of rotatable bonds is 2. The van der Waals surface area contributed by atoms with Gasteiger partial charge < -0.3 is 0 Å². The van der Waals surface area contributed by atoms with E-state index in [4.69, 9.17) is 0 Å². The highest BCUT2D eigenvalue weighted by atomic mass is 16.6. The molecule has 0 aliphatic heterocycles. The first-order valence-electron chi connectivity index (χ1n) is 5.98. The van der Waals surface area contributed by atoms with Gasteiger partial charge in [-0.1, -0.05) is 48.5 Å². The fourth-order valence-electron chi connectivity index (χ4n) is 2.36. The Balaban J connectivity index is 2.39. The van der Waals surface area contributed by atoms with Crippen LogP contribution in [0.1, 0.15) is 5.56 Å². The summed E-state index contributed by atoms with van der Waals surface area (Å²) < 4.78 is 0. The molecule has 0 aromatic heterocycles. The number of hydrogen-bond acceptors (Lipinski definition) is 2. The Morgan fingerprint density at radius 3 is 2.26 bits per heavy atom. The summed E-state index contributed by atoms with van der Waals surface area (Å²) >= 11 is 0. The van der Waals surface area contributed by atoms with E-state index < -0.39 is 4.92 Å². The molecule has 0 aliphatic carbocycles. The van der Waals surface area contributed by atoms with Crippen LogP contribution in [0.15, 0.2) is 60.8 Å². The maximum Gasteiger partial charge on any atom is 0.235 e. The molecule has 19 heavy (non-hydrogen) atoms. The second kappa shape index (κ2) is 4.53. The summed E-state index contributed by atoms with van der Waals surface area (Å²) in [6.45, 7) is 0. The highest BCUT2D eigenvalue weighted by Gasteiger charge is 2.04. The summed E-state index contributed by atoms with van der Waals surface area (Å²) in [6, 6.07) is 18.0. The molecular weight excluding hydrogens is 238 g/mol. The highest BCUT2D eigenvalue weighted by molar-refractivity contribution is 6.10. The second-order valence-electron chi connectivity index (χ2n) is 4.33. The molecule has 92 valence electrons. The van der Waals surface area contributed by atoms with Crippen LogP contribution in [-0.2, 0) is 0 Å². The third kappa shape index (κ3) is 2.06. The fraction of sp³-hybridized carbons (Fsp3) is 0. The second-order valence-corrected chi connectivity index (χ2v) is 4.33. The van der Waals surface area contributed by atoms with Crippen LogP contribution in [0.3, 0.4) is 0 Å². The zero-order chi connectivity index (χ0) is 13.2. The molecule has 3 nitrogen and oxygen atoms in total. The predicted octanol–water partition coefficient (Wildman–Crippen LogP) is 4.24. The van der Waals surface area contributed by atoms with E-state index in [1.54, 1.807) is 6.08 Å². The minimum absolute atomic E-state index is 0.441. The van der Waals surface area contributed by atoms with Crippen LogP contribution in [0.2, 0.25) is 0 Å². The molecule has 0 amide bonds. The van der Waals surface area contributed by atoms with Crippen LogP contribution in [0, 0.1) is 10.1 Å². The lowest BCUT2D eigenvalue weighted by Gasteiger charge is -2.06. The molecular formula is C16H11NO2. The third-order valence-electron chi connectivity index (χ3n) is 3.18. The topological polar surface area (TPSA) is 43.1 Å². The average molecular weight is 249 g/mol.